The molecule has 0 saturated carbocycles. The molecule has 6 nitrogen and oxygen atoms in total. The molecule has 1 aliphatic rings. The summed E-state index contributed by atoms with van der Waals surface area (Å²) in [7, 11) is 2.42. The number of allylic oxidation sites excluding steroid dienone is 1. The van der Waals surface area contributed by atoms with Gasteiger partial charge in [0.05, 0.1) is 27.1 Å². The van der Waals surface area contributed by atoms with Crippen LogP contribution in [-0.4, -0.2) is 38.0 Å². The van der Waals surface area contributed by atoms with Gasteiger partial charge in [-0.25, -0.2) is 0 Å². The summed E-state index contributed by atoms with van der Waals surface area (Å²) in [6.45, 7) is 2.61. The molecule has 0 spiro atoms. The van der Waals surface area contributed by atoms with Crippen LogP contribution in [0.5, 0.6) is 17.2 Å². The average molecular weight is 355 g/mol. The van der Waals surface area contributed by atoms with Crippen LogP contribution >= 0.6 is 0 Å². The van der Waals surface area contributed by atoms with Gasteiger partial charge in [-0.1, -0.05) is 6.92 Å². The number of hydrogen-bond acceptors (Lipinski definition) is 6. The Morgan fingerprint density at radius 3 is 2.62 bits per heavy atom. The predicted molar refractivity (Wildman–Crippen MR) is 100 cm³/mol. The monoisotopic (exact) mass is 355 g/mol. The number of hydrogen-bond donors (Lipinski definition) is 1. The minimum atomic E-state index is -0.793. The molecule has 0 unspecified atom stereocenters. The van der Waals surface area contributed by atoms with E-state index in [4.69, 9.17) is 18.9 Å². The maximum atomic E-state index is 9.56. The second kappa shape index (κ2) is 8.14. The summed E-state index contributed by atoms with van der Waals surface area (Å²) in [6.07, 6.45) is 6.41. The molecule has 1 N–H and O–H groups in total. The summed E-state index contributed by atoms with van der Waals surface area (Å²) in [5.41, 5.74) is 3.54. The Balaban J connectivity index is 2.03. The highest BCUT2D eigenvalue weighted by molar-refractivity contribution is 6.47. The maximum absolute atomic E-state index is 9.56. The lowest BCUT2D eigenvalue weighted by atomic mass is 9.82. The fourth-order valence-electron chi connectivity index (χ4n) is 2.87. The highest BCUT2D eigenvalue weighted by Gasteiger charge is 2.24. The van der Waals surface area contributed by atoms with Crippen LogP contribution in [0, 0.1) is 0 Å². The first-order valence-electron chi connectivity index (χ1n) is 8.54. The van der Waals surface area contributed by atoms with Crippen LogP contribution in [0.3, 0.4) is 0 Å². The molecular formula is C19H22BNO5. The minimum absolute atomic E-state index is 0.440. The number of nitrogens with zero attached hydrogens (tertiary/aromatic N) is 1. The molecule has 7 heteroatoms. The summed E-state index contributed by atoms with van der Waals surface area (Å²) in [4.78, 5) is 4.33. The van der Waals surface area contributed by atoms with Gasteiger partial charge in [-0.3, -0.25) is 4.98 Å². The average Bonchev–Trinajstić information content (AvgIpc) is 3.12. The van der Waals surface area contributed by atoms with Gasteiger partial charge in [0, 0.05) is 29.8 Å². The topological polar surface area (TPSA) is 70.0 Å². The SMILES string of the molecule is CCCOc1c(OC)ccc(-c2cncc(C3=COB(O)C3)c2)c1OC. The van der Waals surface area contributed by atoms with Crippen LogP contribution in [0.25, 0.3) is 16.7 Å². The van der Waals surface area contributed by atoms with Crippen molar-refractivity contribution in [1.29, 1.82) is 0 Å². The van der Waals surface area contributed by atoms with Crippen LogP contribution < -0.4 is 14.2 Å². The van der Waals surface area contributed by atoms with E-state index in [1.54, 1.807) is 32.9 Å². The zero-order valence-corrected chi connectivity index (χ0v) is 15.2. The Hall–Kier alpha value is -2.67. The summed E-state index contributed by atoms with van der Waals surface area (Å²) in [5, 5.41) is 9.56. The molecule has 1 aromatic carbocycles. The van der Waals surface area contributed by atoms with Crippen molar-refractivity contribution in [3.8, 4) is 28.4 Å². The molecule has 2 aromatic rings. The van der Waals surface area contributed by atoms with E-state index in [1.807, 2.05) is 25.1 Å². The Morgan fingerprint density at radius 2 is 1.96 bits per heavy atom. The molecule has 0 atom stereocenters. The van der Waals surface area contributed by atoms with Gasteiger partial charge in [0.1, 0.15) is 0 Å². The molecule has 2 heterocycles. The van der Waals surface area contributed by atoms with Crippen LogP contribution in [-0.2, 0) is 4.65 Å². The van der Waals surface area contributed by atoms with Gasteiger partial charge >= 0.3 is 7.12 Å². The van der Waals surface area contributed by atoms with Gasteiger partial charge in [0.15, 0.2) is 11.5 Å². The smallest absolute Gasteiger partial charge is 0.526 e. The van der Waals surface area contributed by atoms with Gasteiger partial charge in [-0.15, -0.1) is 0 Å². The Bertz CT molecular complexity index is 809. The van der Waals surface area contributed by atoms with Crippen LogP contribution in [0.1, 0.15) is 18.9 Å². The Kier molecular flexibility index (Phi) is 5.68. The highest BCUT2D eigenvalue weighted by Crippen LogP contribution is 2.44. The van der Waals surface area contributed by atoms with Crippen molar-refractivity contribution >= 4 is 12.7 Å². The second-order valence-electron chi connectivity index (χ2n) is 5.93. The lowest BCUT2D eigenvalue weighted by Gasteiger charge is -2.17. The molecule has 26 heavy (non-hydrogen) atoms. The third-order valence-corrected chi connectivity index (χ3v) is 4.13. The van der Waals surface area contributed by atoms with Crippen molar-refractivity contribution in [2.45, 2.75) is 19.7 Å². The van der Waals surface area contributed by atoms with E-state index >= 15 is 0 Å². The van der Waals surface area contributed by atoms with Crippen molar-refractivity contribution in [2.24, 2.45) is 0 Å². The zero-order valence-electron chi connectivity index (χ0n) is 15.2. The van der Waals surface area contributed by atoms with Gasteiger partial charge < -0.3 is 23.9 Å². The zero-order chi connectivity index (χ0) is 18.5. The van der Waals surface area contributed by atoms with Crippen LogP contribution in [0.4, 0.5) is 0 Å². The predicted octanol–water partition coefficient (Wildman–Crippen LogP) is 3.41. The van der Waals surface area contributed by atoms with Crippen molar-refractivity contribution in [2.75, 3.05) is 20.8 Å². The van der Waals surface area contributed by atoms with E-state index in [2.05, 4.69) is 4.98 Å². The Labute approximate surface area is 153 Å². The number of aromatic nitrogens is 1. The second-order valence-corrected chi connectivity index (χ2v) is 5.93. The third kappa shape index (κ3) is 3.62. The molecular weight excluding hydrogens is 333 g/mol. The Morgan fingerprint density at radius 1 is 1.15 bits per heavy atom. The molecule has 0 amide bonds. The molecule has 0 fully saturated rings. The normalized spacial score (nSPS) is 13.2. The van der Waals surface area contributed by atoms with E-state index in [1.165, 1.54) is 0 Å². The third-order valence-electron chi connectivity index (χ3n) is 4.13. The van der Waals surface area contributed by atoms with Crippen molar-refractivity contribution in [3.05, 3.63) is 42.4 Å². The molecule has 1 aromatic heterocycles. The summed E-state index contributed by atoms with van der Waals surface area (Å²) >= 11 is 0. The molecule has 1 aliphatic heterocycles. The van der Waals surface area contributed by atoms with E-state index in [9.17, 15) is 5.02 Å². The van der Waals surface area contributed by atoms with Crippen molar-refractivity contribution < 1.29 is 23.9 Å². The van der Waals surface area contributed by atoms with Crippen LogP contribution in [0.15, 0.2) is 36.9 Å². The lowest BCUT2D eigenvalue weighted by Crippen LogP contribution is -2.08. The molecule has 0 bridgehead atoms. The van der Waals surface area contributed by atoms with Gasteiger partial charge in [0.25, 0.3) is 0 Å². The molecule has 136 valence electrons. The summed E-state index contributed by atoms with van der Waals surface area (Å²) < 4.78 is 22.0. The van der Waals surface area contributed by atoms with E-state index in [-0.39, 0.29) is 0 Å². The fourth-order valence-corrected chi connectivity index (χ4v) is 2.87. The number of pyridine rings is 1. The van der Waals surface area contributed by atoms with E-state index in [0.29, 0.717) is 30.2 Å². The lowest BCUT2D eigenvalue weighted by molar-refractivity contribution is 0.275. The molecule has 0 radical (unpaired) electrons. The first-order valence-corrected chi connectivity index (χ1v) is 8.54. The van der Waals surface area contributed by atoms with Crippen molar-refractivity contribution in [1.82, 2.24) is 4.98 Å². The van der Waals surface area contributed by atoms with E-state index in [0.717, 1.165) is 28.7 Å². The van der Waals surface area contributed by atoms with E-state index < -0.39 is 7.12 Å². The summed E-state index contributed by atoms with van der Waals surface area (Å²) in [5.74, 6) is 1.81. The fraction of sp³-hybridized carbons (Fsp3) is 0.316. The maximum Gasteiger partial charge on any atom is 0.526 e. The highest BCUT2D eigenvalue weighted by atomic mass is 16.5. The molecule has 0 saturated heterocycles. The first-order chi connectivity index (χ1) is 12.7. The van der Waals surface area contributed by atoms with Crippen LogP contribution in [0.2, 0.25) is 6.32 Å². The number of rotatable bonds is 7. The van der Waals surface area contributed by atoms with Gasteiger partial charge in [-0.2, -0.15) is 0 Å². The quantitative estimate of drug-likeness (QED) is 0.768. The molecule has 3 rings (SSSR count). The van der Waals surface area contributed by atoms with Gasteiger partial charge in [0.2, 0.25) is 5.75 Å². The summed E-state index contributed by atoms with van der Waals surface area (Å²) in [6, 6.07) is 5.77. The van der Waals surface area contributed by atoms with Gasteiger partial charge in [-0.05, 0) is 35.8 Å². The number of methoxy groups -OCH3 is 2. The number of ether oxygens (including phenoxy) is 3. The van der Waals surface area contributed by atoms with Crippen molar-refractivity contribution in [3.63, 3.8) is 0 Å². The number of benzene rings is 1. The minimum Gasteiger partial charge on any atom is -0.542 e. The standard InChI is InChI=1S/C19H22BNO5/c1-4-7-25-19-17(23-2)6-5-16(18(19)24-3)14-8-13(10-21-11-14)15-9-20(22)26-12-15/h5-6,8,10-12,22H,4,7,9H2,1-3H3. The largest absolute Gasteiger partial charge is 0.542 e. The first kappa shape index (κ1) is 18.1. The molecule has 0 aliphatic carbocycles.